The molecule has 1 saturated heterocycles. The van der Waals surface area contributed by atoms with Gasteiger partial charge in [0.2, 0.25) is 0 Å². The second-order valence-corrected chi connectivity index (χ2v) is 5.21. The Morgan fingerprint density at radius 3 is 3.07 bits per heavy atom. The minimum atomic E-state index is 0.743. The number of aromatic nitrogens is 1. The summed E-state index contributed by atoms with van der Waals surface area (Å²) in [5, 5.41) is 0. The SMILES string of the molecule is ClCCC1CCN(c2ccc(Br)cn2)C1. The first kappa shape index (κ1) is 11.2. The van der Waals surface area contributed by atoms with E-state index in [1.165, 1.54) is 6.42 Å². The number of hydrogen-bond acceptors (Lipinski definition) is 2. The van der Waals surface area contributed by atoms with Gasteiger partial charge in [-0.1, -0.05) is 0 Å². The van der Waals surface area contributed by atoms with E-state index in [1.54, 1.807) is 0 Å². The van der Waals surface area contributed by atoms with E-state index in [1.807, 2.05) is 12.3 Å². The number of alkyl halides is 1. The summed E-state index contributed by atoms with van der Waals surface area (Å²) < 4.78 is 1.03. The number of rotatable bonds is 3. The number of pyridine rings is 1. The van der Waals surface area contributed by atoms with Crippen LogP contribution in [-0.2, 0) is 0 Å². The molecule has 1 aromatic rings. The van der Waals surface area contributed by atoms with Crippen molar-refractivity contribution in [3.05, 3.63) is 22.8 Å². The van der Waals surface area contributed by atoms with Crippen molar-refractivity contribution < 1.29 is 0 Å². The molecule has 15 heavy (non-hydrogen) atoms. The second-order valence-electron chi connectivity index (χ2n) is 3.91. The summed E-state index contributed by atoms with van der Waals surface area (Å²) in [5.41, 5.74) is 0. The fourth-order valence-electron chi connectivity index (χ4n) is 1.99. The third-order valence-electron chi connectivity index (χ3n) is 2.84. The Kier molecular flexibility index (Phi) is 3.87. The van der Waals surface area contributed by atoms with Crippen LogP contribution in [0.15, 0.2) is 22.8 Å². The predicted octanol–water partition coefficient (Wildman–Crippen LogP) is 3.30. The van der Waals surface area contributed by atoms with E-state index in [2.05, 4.69) is 31.9 Å². The molecule has 82 valence electrons. The first-order valence-electron chi connectivity index (χ1n) is 5.22. The monoisotopic (exact) mass is 288 g/mol. The maximum absolute atomic E-state index is 5.76. The molecule has 1 unspecified atom stereocenters. The smallest absolute Gasteiger partial charge is 0.128 e. The lowest BCUT2D eigenvalue weighted by Crippen LogP contribution is -2.20. The first-order valence-corrected chi connectivity index (χ1v) is 6.55. The third-order valence-corrected chi connectivity index (χ3v) is 3.53. The van der Waals surface area contributed by atoms with E-state index in [9.17, 15) is 0 Å². The Labute approximate surface area is 104 Å². The summed E-state index contributed by atoms with van der Waals surface area (Å²) in [6.07, 6.45) is 4.21. The number of hydrogen-bond donors (Lipinski definition) is 0. The van der Waals surface area contributed by atoms with Gasteiger partial charge in [-0.25, -0.2) is 4.98 Å². The zero-order chi connectivity index (χ0) is 10.7. The van der Waals surface area contributed by atoms with Crippen LogP contribution >= 0.6 is 27.5 Å². The minimum absolute atomic E-state index is 0.743. The zero-order valence-corrected chi connectivity index (χ0v) is 10.8. The van der Waals surface area contributed by atoms with Gasteiger partial charge in [0.05, 0.1) is 0 Å². The molecule has 0 aromatic carbocycles. The molecular formula is C11H14BrClN2. The lowest BCUT2D eigenvalue weighted by molar-refractivity contribution is 0.572. The lowest BCUT2D eigenvalue weighted by Gasteiger charge is -2.17. The van der Waals surface area contributed by atoms with Gasteiger partial charge in [0, 0.05) is 29.6 Å². The van der Waals surface area contributed by atoms with Gasteiger partial charge in [0.15, 0.2) is 0 Å². The van der Waals surface area contributed by atoms with E-state index < -0.39 is 0 Å². The average molecular weight is 290 g/mol. The largest absolute Gasteiger partial charge is 0.356 e. The van der Waals surface area contributed by atoms with Crippen molar-refractivity contribution in [3.63, 3.8) is 0 Å². The van der Waals surface area contributed by atoms with Gasteiger partial charge >= 0.3 is 0 Å². The Morgan fingerprint density at radius 2 is 2.40 bits per heavy atom. The molecule has 0 N–H and O–H groups in total. The van der Waals surface area contributed by atoms with E-state index in [4.69, 9.17) is 11.6 Å². The van der Waals surface area contributed by atoms with Gasteiger partial charge in [0.25, 0.3) is 0 Å². The highest BCUT2D eigenvalue weighted by Gasteiger charge is 2.22. The van der Waals surface area contributed by atoms with Crippen molar-refractivity contribution in [2.45, 2.75) is 12.8 Å². The Bertz CT molecular complexity index is 315. The topological polar surface area (TPSA) is 16.1 Å². The maximum atomic E-state index is 5.76. The van der Waals surface area contributed by atoms with Crippen molar-refractivity contribution >= 4 is 33.3 Å². The minimum Gasteiger partial charge on any atom is -0.356 e. The van der Waals surface area contributed by atoms with Crippen LogP contribution in [0.25, 0.3) is 0 Å². The molecule has 2 rings (SSSR count). The number of nitrogens with zero attached hydrogens (tertiary/aromatic N) is 2. The molecule has 0 spiro atoms. The van der Waals surface area contributed by atoms with Crippen molar-refractivity contribution in [3.8, 4) is 0 Å². The van der Waals surface area contributed by atoms with Gasteiger partial charge in [-0.2, -0.15) is 0 Å². The van der Waals surface area contributed by atoms with Crippen LogP contribution in [-0.4, -0.2) is 24.0 Å². The Balaban J connectivity index is 1.98. The maximum Gasteiger partial charge on any atom is 0.128 e. The molecule has 0 amide bonds. The molecule has 1 aliphatic rings. The molecule has 4 heteroatoms. The molecule has 1 aromatic heterocycles. The summed E-state index contributed by atoms with van der Waals surface area (Å²) in [6.45, 7) is 2.21. The molecule has 0 bridgehead atoms. The van der Waals surface area contributed by atoms with E-state index in [0.717, 1.165) is 41.6 Å². The van der Waals surface area contributed by atoms with E-state index in [0.29, 0.717) is 0 Å². The summed E-state index contributed by atoms with van der Waals surface area (Å²) in [5.74, 6) is 2.59. The van der Waals surface area contributed by atoms with Crippen LogP contribution in [0.3, 0.4) is 0 Å². The fourth-order valence-corrected chi connectivity index (χ4v) is 2.53. The number of halogens is 2. The van der Waals surface area contributed by atoms with Crippen LogP contribution in [0.2, 0.25) is 0 Å². The standard InChI is InChI=1S/C11H14BrClN2/c12-10-1-2-11(14-7-10)15-6-4-9(8-15)3-5-13/h1-2,7,9H,3-6,8H2. The van der Waals surface area contributed by atoms with Crippen LogP contribution in [0, 0.1) is 5.92 Å². The van der Waals surface area contributed by atoms with Crippen molar-refractivity contribution in [2.24, 2.45) is 5.92 Å². The quantitative estimate of drug-likeness (QED) is 0.794. The molecule has 1 fully saturated rings. The highest BCUT2D eigenvalue weighted by atomic mass is 79.9. The van der Waals surface area contributed by atoms with Gasteiger partial charge in [-0.3, -0.25) is 0 Å². The van der Waals surface area contributed by atoms with Crippen LogP contribution in [0.5, 0.6) is 0 Å². The van der Waals surface area contributed by atoms with Gasteiger partial charge in [-0.15, -0.1) is 11.6 Å². The van der Waals surface area contributed by atoms with Crippen molar-refractivity contribution in [2.75, 3.05) is 23.9 Å². The Morgan fingerprint density at radius 1 is 1.53 bits per heavy atom. The molecule has 0 saturated carbocycles. The third kappa shape index (κ3) is 2.85. The zero-order valence-electron chi connectivity index (χ0n) is 8.50. The summed E-state index contributed by atoms with van der Waals surface area (Å²) >= 11 is 9.15. The summed E-state index contributed by atoms with van der Waals surface area (Å²) in [7, 11) is 0. The molecule has 1 aliphatic heterocycles. The summed E-state index contributed by atoms with van der Waals surface area (Å²) in [4.78, 5) is 6.74. The van der Waals surface area contributed by atoms with Gasteiger partial charge in [-0.05, 0) is 46.8 Å². The van der Waals surface area contributed by atoms with Crippen LogP contribution in [0.4, 0.5) is 5.82 Å². The van der Waals surface area contributed by atoms with E-state index >= 15 is 0 Å². The van der Waals surface area contributed by atoms with Gasteiger partial charge < -0.3 is 4.90 Å². The lowest BCUT2D eigenvalue weighted by atomic mass is 10.1. The first-order chi connectivity index (χ1) is 7.29. The van der Waals surface area contributed by atoms with E-state index in [-0.39, 0.29) is 0 Å². The number of anilines is 1. The molecular weight excluding hydrogens is 275 g/mol. The summed E-state index contributed by atoms with van der Waals surface area (Å²) in [6, 6.07) is 4.10. The van der Waals surface area contributed by atoms with Crippen LogP contribution < -0.4 is 4.90 Å². The molecule has 1 atom stereocenters. The molecule has 2 heterocycles. The molecule has 0 radical (unpaired) electrons. The van der Waals surface area contributed by atoms with Gasteiger partial charge in [0.1, 0.15) is 5.82 Å². The van der Waals surface area contributed by atoms with Crippen molar-refractivity contribution in [1.82, 2.24) is 4.98 Å². The normalized spacial score (nSPS) is 20.9. The molecule has 0 aliphatic carbocycles. The second kappa shape index (κ2) is 5.17. The predicted molar refractivity (Wildman–Crippen MR) is 67.6 cm³/mol. The van der Waals surface area contributed by atoms with Crippen LogP contribution in [0.1, 0.15) is 12.8 Å². The highest BCUT2D eigenvalue weighted by Crippen LogP contribution is 2.25. The Hall–Kier alpha value is -0.280. The fraction of sp³-hybridized carbons (Fsp3) is 0.545. The highest BCUT2D eigenvalue weighted by molar-refractivity contribution is 9.10. The molecule has 2 nitrogen and oxygen atoms in total. The average Bonchev–Trinajstić information content (AvgIpc) is 2.68. The van der Waals surface area contributed by atoms with Crippen molar-refractivity contribution in [1.29, 1.82) is 0 Å².